The molecule has 0 nitrogen and oxygen atoms in total. The van der Waals surface area contributed by atoms with Crippen molar-refractivity contribution in [1.82, 2.24) is 0 Å². The molecule has 0 aromatic rings. The van der Waals surface area contributed by atoms with Gasteiger partial charge in [-0.2, -0.15) is 0 Å². The van der Waals surface area contributed by atoms with Crippen LogP contribution in [-0.4, -0.2) is 5.33 Å². The van der Waals surface area contributed by atoms with Crippen LogP contribution in [0.3, 0.4) is 0 Å². The van der Waals surface area contributed by atoms with Crippen molar-refractivity contribution in [3.63, 3.8) is 0 Å². The topological polar surface area (TPSA) is 0 Å². The molecule has 11 heavy (non-hydrogen) atoms. The van der Waals surface area contributed by atoms with Gasteiger partial charge in [-0.15, -0.1) is 6.58 Å². The summed E-state index contributed by atoms with van der Waals surface area (Å²) in [6, 6.07) is 0. The van der Waals surface area contributed by atoms with E-state index in [2.05, 4.69) is 46.0 Å². The van der Waals surface area contributed by atoms with E-state index in [-0.39, 0.29) is 0 Å². The van der Waals surface area contributed by atoms with Crippen LogP contribution in [0.15, 0.2) is 34.8 Å². The first-order chi connectivity index (χ1) is 5.35. The summed E-state index contributed by atoms with van der Waals surface area (Å²) in [5.41, 5.74) is 0. The molecular weight excluding hydrogens is 236 g/mol. The molecule has 0 unspecified atom stereocenters. The number of rotatable bonds is 2. The van der Waals surface area contributed by atoms with E-state index in [1.165, 1.54) is 6.42 Å². The average Bonchev–Trinajstić information content (AvgIpc) is 2.56. The molecule has 0 spiro atoms. The Balaban J connectivity index is 0.000000218. The van der Waals surface area contributed by atoms with Gasteiger partial charge in [-0.1, -0.05) is 22.0 Å². The second kappa shape index (κ2) is 8.51. The second-order valence-electron chi connectivity index (χ2n) is 2.02. The molecule has 0 aromatic heterocycles. The predicted molar refractivity (Wildman–Crippen MR) is 51.7 cm³/mol. The summed E-state index contributed by atoms with van der Waals surface area (Å²) in [5, 5.41) is 3.21. The van der Waals surface area contributed by atoms with Crippen LogP contribution in [0, 0.1) is 0 Å². The summed E-state index contributed by atoms with van der Waals surface area (Å²) in [6.07, 6.45) is 9.67. The van der Waals surface area contributed by atoms with Crippen LogP contribution < -0.4 is 0 Å². The van der Waals surface area contributed by atoms with Crippen molar-refractivity contribution in [3.8, 4) is 0 Å². The summed E-state index contributed by atoms with van der Waals surface area (Å²) in [6.45, 7) is 3.43. The van der Waals surface area contributed by atoms with Gasteiger partial charge in [0, 0.05) is 5.33 Å². The van der Waals surface area contributed by atoms with Gasteiger partial charge in [0.15, 0.2) is 0 Å². The number of hydrogen-bond acceptors (Lipinski definition) is 0. The molecule has 0 amide bonds. The molecular formula is C9H13BrTi. The molecule has 0 bridgehead atoms. The van der Waals surface area contributed by atoms with Crippen molar-refractivity contribution in [3.05, 3.63) is 34.8 Å². The molecule has 1 aliphatic rings. The number of hydrogen-bond donors (Lipinski definition) is 0. The van der Waals surface area contributed by atoms with E-state index in [9.17, 15) is 0 Å². The third kappa shape index (κ3) is 6.80. The fourth-order valence-corrected chi connectivity index (χ4v) is 1.55. The van der Waals surface area contributed by atoms with Crippen molar-refractivity contribution in [2.45, 2.75) is 11.6 Å². The normalized spacial score (nSPS) is 13.1. The van der Waals surface area contributed by atoms with Gasteiger partial charge in [-0.3, -0.25) is 0 Å². The fourth-order valence-electron chi connectivity index (χ4n) is 0.633. The molecule has 1 aliphatic carbocycles. The number of halogens is 1. The van der Waals surface area contributed by atoms with Crippen LogP contribution in [0.25, 0.3) is 0 Å². The monoisotopic (exact) mass is 248 g/mol. The van der Waals surface area contributed by atoms with Gasteiger partial charge in [0.25, 0.3) is 0 Å². The molecule has 2 heteroatoms. The van der Waals surface area contributed by atoms with E-state index < -0.39 is 0 Å². The molecule has 0 atom stereocenters. The summed E-state index contributed by atoms with van der Waals surface area (Å²) in [4.78, 5) is 0. The van der Waals surface area contributed by atoms with Gasteiger partial charge in [-0.05, 0) is 0 Å². The SMILES string of the molecule is C=CCBr.[CH3][Ti][C]1=CC=CC1. The van der Waals surface area contributed by atoms with Crippen LogP contribution >= 0.6 is 15.9 Å². The molecule has 0 aromatic carbocycles. The van der Waals surface area contributed by atoms with Crippen molar-refractivity contribution >= 4 is 15.9 Å². The van der Waals surface area contributed by atoms with Gasteiger partial charge in [0.2, 0.25) is 0 Å². The Bertz CT molecular complexity index is 159. The third-order valence-electron chi connectivity index (χ3n) is 1.20. The fraction of sp³-hybridized carbons (Fsp3) is 0.333. The van der Waals surface area contributed by atoms with E-state index >= 15 is 0 Å². The Kier molecular flexibility index (Phi) is 8.83. The first kappa shape index (κ1) is 11.4. The Labute approximate surface area is 86.5 Å². The Hall–Kier alpha value is 0.414. The van der Waals surface area contributed by atoms with Gasteiger partial charge in [0.1, 0.15) is 0 Å². The van der Waals surface area contributed by atoms with Crippen molar-refractivity contribution in [1.29, 1.82) is 0 Å². The third-order valence-corrected chi connectivity index (χ3v) is 3.24. The first-order valence-corrected chi connectivity index (χ1v) is 7.01. The van der Waals surface area contributed by atoms with E-state index in [1.807, 2.05) is 0 Å². The van der Waals surface area contributed by atoms with Gasteiger partial charge in [0.05, 0.1) is 0 Å². The Morgan fingerprint density at radius 3 is 2.64 bits per heavy atom. The summed E-state index contributed by atoms with van der Waals surface area (Å²) >= 11 is 3.42. The predicted octanol–water partition coefficient (Wildman–Crippen LogP) is 3.53. The van der Waals surface area contributed by atoms with Crippen LogP contribution in [0.2, 0.25) is 5.23 Å². The number of allylic oxidation sites excluding steroid dienone is 5. The first-order valence-electron chi connectivity index (χ1n) is 3.55. The molecule has 0 N–H and O–H groups in total. The standard InChI is InChI=1S/C5H5.C3H5Br.CH3.Ti/c1-2-4-5-3-1;1-2-3-4;;/h1-3H,4H2;2H,1,3H2;1H3;. The van der Waals surface area contributed by atoms with Crippen LogP contribution in [-0.2, 0) is 19.2 Å². The van der Waals surface area contributed by atoms with Crippen LogP contribution in [0.1, 0.15) is 6.42 Å². The molecule has 1 rings (SSSR count). The van der Waals surface area contributed by atoms with Crippen molar-refractivity contribution < 1.29 is 19.2 Å². The molecule has 60 valence electrons. The average molecular weight is 249 g/mol. The van der Waals surface area contributed by atoms with Gasteiger partial charge in [-0.25, -0.2) is 0 Å². The second-order valence-corrected chi connectivity index (χ2v) is 4.45. The minimum atomic E-state index is 0.292. The summed E-state index contributed by atoms with van der Waals surface area (Å²) in [7, 11) is 0. The quantitative estimate of drug-likeness (QED) is 0.399. The molecule has 0 fully saturated rings. The van der Waals surface area contributed by atoms with Crippen molar-refractivity contribution in [2.75, 3.05) is 5.33 Å². The maximum atomic E-state index is 3.43. The van der Waals surface area contributed by atoms with Crippen molar-refractivity contribution in [2.24, 2.45) is 0 Å². The van der Waals surface area contributed by atoms with E-state index in [4.69, 9.17) is 0 Å². The summed E-state index contributed by atoms with van der Waals surface area (Å²) < 4.78 is 1.68. The Morgan fingerprint density at radius 1 is 1.82 bits per heavy atom. The van der Waals surface area contributed by atoms with E-state index in [0.717, 1.165) is 5.33 Å². The number of alkyl halides is 1. The zero-order valence-electron chi connectivity index (χ0n) is 6.81. The van der Waals surface area contributed by atoms with Gasteiger partial charge < -0.3 is 0 Å². The summed E-state index contributed by atoms with van der Waals surface area (Å²) in [5.74, 6) is 0. The zero-order valence-corrected chi connectivity index (χ0v) is 9.96. The minimum absolute atomic E-state index is 0.292. The van der Waals surface area contributed by atoms with Crippen LogP contribution in [0.5, 0.6) is 0 Å². The van der Waals surface area contributed by atoms with E-state index in [1.54, 1.807) is 9.95 Å². The molecule has 0 saturated heterocycles. The van der Waals surface area contributed by atoms with E-state index in [0.29, 0.717) is 19.2 Å². The molecule has 0 saturated carbocycles. The Morgan fingerprint density at radius 2 is 2.45 bits per heavy atom. The van der Waals surface area contributed by atoms with Gasteiger partial charge >= 0.3 is 52.9 Å². The molecule has 0 aliphatic heterocycles. The molecule has 0 radical (unpaired) electrons. The zero-order chi connectivity index (χ0) is 8.53. The van der Waals surface area contributed by atoms with Crippen LogP contribution in [0.4, 0.5) is 0 Å². The maximum absolute atomic E-state index is 3.43. The molecule has 0 heterocycles.